The summed E-state index contributed by atoms with van der Waals surface area (Å²) in [4.78, 5) is 12.3. The Kier molecular flexibility index (Phi) is 4.33. The van der Waals surface area contributed by atoms with E-state index in [9.17, 15) is 4.79 Å². The Morgan fingerprint density at radius 1 is 1.17 bits per heavy atom. The number of nitrogens with zero attached hydrogens (tertiary/aromatic N) is 1. The Balaban J connectivity index is 1.95. The van der Waals surface area contributed by atoms with Crippen LogP contribution in [0.5, 0.6) is 0 Å². The van der Waals surface area contributed by atoms with E-state index in [1.54, 1.807) is 0 Å². The zero-order valence-electron chi connectivity index (χ0n) is 14.0. The van der Waals surface area contributed by atoms with Crippen molar-refractivity contribution in [2.24, 2.45) is 0 Å². The molecule has 0 fully saturated rings. The van der Waals surface area contributed by atoms with Gasteiger partial charge in [-0.3, -0.25) is 9.89 Å². The van der Waals surface area contributed by atoms with Crippen LogP contribution in [-0.2, 0) is 0 Å². The van der Waals surface area contributed by atoms with E-state index in [1.165, 1.54) is 0 Å². The first kappa shape index (κ1) is 15.8. The van der Waals surface area contributed by atoms with Crippen LogP contribution in [0, 0.1) is 0 Å². The van der Waals surface area contributed by atoms with Crippen molar-refractivity contribution in [3.63, 3.8) is 0 Å². The van der Waals surface area contributed by atoms with E-state index in [4.69, 9.17) is 0 Å². The van der Waals surface area contributed by atoms with Crippen LogP contribution >= 0.6 is 0 Å². The fraction of sp³-hybridized carbons (Fsp3) is 0.158. The molecule has 3 N–H and O–H groups in total. The third kappa shape index (κ3) is 3.01. The number of benzene rings is 2. The molecule has 0 aliphatic heterocycles. The Bertz CT molecular complexity index is 924. The van der Waals surface area contributed by atoms with Crippen LogP contribution in [0.25, 0.3) is 22.0 Å². The lowest BCUT2D eigenvalue weighted by atomic mass is 10.0. The van der Waals surface area contributed by atoms with Gasteiger partial charge in [0.05, 0.1) is 5.52 Å². The standard InChI is InChI=1S/C19H20N4O/c1-4-12(2)21-19(24)15-7-5-6-13(10-15)14-8-9-16-17(11-14)22-23-18(16)20-3/h4-11H,1-3H3,(H,21,24)(H2,20,22,23)/b12-4+. The van der Waals surface area contributed by atoms with Crippen molar-refractivity contribution >= 4 is 22.6 Å². The number of rotatable bonds is 4. The maximum atomic E-state index is 12.3. The van der Waals surface area contributed by atoms with E-state index < -0.39 is 0 Å². The summed E-state index contributed by atoms with van der Waals surface area (Å²) in [5.74, 6) is 0.721. The van der Waals surface area contributed by atoms with Gasteiger partial charge in [-0.15, -0.1) is 0 Å². The van der Waals surface area contributed by atoms with Gasteiger partial charge in [-0.05, 0) is 49.2 Å². The van der Waals surface area contributed by atoms with Gasteiger partial charge in [0.2, 0.25) is 0 Å². The molecule has 2 aromatic carbocycles. The summed E-state index contributed by atoms with van der Waals surface area (Å²) in [6.07, 6.45) is 1.87. The normalized spacial score (nSPS) is 11.5. The maximum absolute atomic E-state index is 12.3. The Hall–Kier alpha value is -3.08. The molecule has 0 atom stereocenters. The van der Waals surface area contributed by atoms with Crippen molar-refractivity contribution in [1.82, 2.24) is 15.5 Å². The van der Waals surface area contributed by atoms with Crippen molar-refractivity contribution in [3.05, 3.63) is 59.8 Å². The third-order valence-corrected chi connectivity index (χ3v) is 4.00. The van der Waals surface area contributed by atoms with Gasteiger partial charge < -0.3 is 10.6 Å². The molecule has 122 valence electrons. The first-order chi connectivity index (χ1) is 11.6. The summed E-state index contributed by atoms with van der Waals surface area (Å²) in [5.41, 5.74) is 4.45. The van der Waals surface area contributed by atoms with Crippen molar-refractivity contribution in [3.8, 4) is 11.1 Å². The molecule has 24 heavy (non-hydrogen) atoms. The number of anilines is 1. The average Bonchev–Trinajstić information content (AvgIpc) is 3.03. The summed E-state index contributed by atoms with van der Waals surface area (Å²) < 4.78 is 0. The topological polar surface area (TPSA) is 69.8 Å². The maximum Gasteiger partial charge on any atom is 0.255 e. The first-order valence-corrected chi connectivity index (χ1v) is 7.83. The van der Waals surface area contributed by atoms with Crippen LogP contribution in [-0.4, -0.2) is 23.2 Å². The Morgan fingerprint density at radius 2 is 1.96 bits per heavy atom. The van der Waals surface area contributed by atoms with Crippen molar-refractivity contribution in [2.45, 2.75) is 13.8 Å². The molecule has 5 nitrogen and oxygen atoms in total. The molecular weight excluding hydrogens is 300 g/mol. The largest absolute Gasteiger partial charge is 0.371 e. The molecule has 1 amide bonds. The molecular formula is C19H20N4O. The van der Waals surface area contributed by atoms with E-state index in [0.29, 0.717) is 5.56 Å². The second-order valence-electron chi connectivity index (χ2n) is 5.59. The number of H-pyrrole nitrogens is 1. The first-order valence-electron chi connectivity index (χ1n) is 7.83. The average molecular weight is 320 g/mol. The molecule has 3 rings (SSSR count). The summed E-state index contributed by atoms with van der Waals surface area (Å²) in [6, 6.07) is 13.7. The zero-order chi connectivity index (χ0) is 17.1. The molecule has 0 unspecified atom stereocenters. The lowest BCUT2D eigenvalue weighted by Crippen LogP contribution is -2.21. The van der Waals surface area contributed by atoms with Gasteiger partial charge in [-0.25, -0.2) is 0 Å². The second kappa shape index (κ2) is 6.58. The van der Waals surface area contributed by atoms with Crippen LogP contribution in [0.4, 0.5) is 5.82 Å². The minimum Gasteiger partial charge on any atom is -0.371 e. The molecule has 0 spiro atoms. The quantitative estimate of drug-likeness (QED) is 0.682. The van der Waals surface area contributed by atoms with E-state index >= 15 is 0 Å². The fourth-order valence-electron chi connectivity index (χ4n) is 2.55. The molecule has 0 bridgehead atoms. The molecule has 0 aliphatic carbocycles. The van der Waals surface area contributed by atoms with Crippen molar-refractivity contribution < 1.29 is 4.79 Å². The molecule has 0 saturated carbocycles. The lowest BCUT2D eigenvalue weighted by Gasteiger charge is -2.07. The fourth-order valence-corrected chi connectivity index (χ4v) is 2.55. The zero-order valence-corrected chi connectivity index (χ0v) is 14.0. The molecule has 3 aromatic rings. The van der Waals surface area contributed by atoms with Gasteiger partial charge >= 0.3 is 0 Å². The van der Waals surface area contributed by atoms with Gasteiger partial charge in [0, 0.05) is 23.7 Å². The smallest absolute Gasteiger partial charge is 0.255 e. The number of nitrogens with one attached hydrogen (secondary N) is 3. The molecule has 1 heterocycles. The second-order valence-corrected chi connectivity index (χ2v) is 5.59. The molecule has 0 radical (unpaired) electrons. The molecule has 1 aromatic heterocycles. The van der Waals surface area contributed by atoms with Gasteiger partial charge in [0.1, 0.15) is 0 Å². The predicted molar refractivity (Wildman–Crippen MR) is 98.0 cm³/mol. The predicted octanol–water partition coefficient (Wildman–Crippen LogP) is 3.93. The minimum atomic E-state index is -0.104. The number of aromatic amines is 1. The lowest BCUT2D eigenvalue weighted by molar-refractivity contribution is 0.0966. The molecule has 0 aliphatic rings. The highest BCUT2D eigenvalue weighted by Gasteiger charge is 2.09. The highest BCUT2D eigenvalue weighted by atomic mass is 16.1. The van der Waals surface area contributed by atoms with Gasteiger partial charge in [0.25, 0.3) is 5.91 Å². The van der Waals surface area contributed by atoms with Crippen molar-refractivity contribution in [2.75, 3.05) is 12.4 Å². The summed E-state index contributed by atoms with van der Waals surface area (Å²) in [7, 11) is 1.85. The third-order valence-electron chi connectivity index (χ3n) is 4.00. The van der Waals surface area contributed by atoms with Crippen LogP contribution < -0.4 is 10.6 Å². The van der Waals surface area contributed by atoms with E-state index in [-0.39, 0.29) is 5.91 Å². The highest BCUT2D eigenvalue weighted by molar-refractivity contribution is 5.97. The number of amides is 1. The van der Waals surface area contributed by atoms with Crippen molar-refractivity contribution in [1.29, 1.82) is 0 Å². The van der Waals surface area contributed by atoms with Crippen LogP contribution in [0.1, 0.15) is 24.2 Å². The number of allylic oxidation sites excluding steroid dienone is 2. The monoisotopic (exact) mass is 320 g/mol. The number of fused-ring (bicyclic) bond motifs is 1. The van der Waals surface area contributed by atoms with Crippen LogP contribution in [0.3, 0.4) is 0 Å². The van der Waals surface area contributed by atoms with Gasteiger partial charge in [-0.1, -0.05) is 24.3 Å². The molecule has 5 heteroatoms. The van der Waals surface area contributed by atoms with E-state index in [2.05, 4.69) is 20.8 Å². The number of carbonyl (C=O) groups excluding carboxylic acids is 1. The number of carbonyl (C=O) groups is 1. The Morgan fingerprint density at radius 3 is 2.71 bits per heavy atom. The summed E-state index contributed by atoms with van der Waals surface area (Å²) in [6.45, 7) is 3.76. The summed E-state index contributed by atoms with van der Waals surface area (Å²) in [5, 5.41) is 14.2. The van der Waals surface area contributed by atoms with E-state index in [1.807, 2.05) is 69.4 Å². The number of aromatic nitrogens is 2. The van der Waals surface area contributed by atoms with Gasteiger partial charge in [0.15, 0.2) is 5.82 Å². The SMILES string of the molecule is C/C=C(\C)NC(=O)c1cccc(-c2ccc3c(NC)n[nH]c3c2)c1. The van der Waals surface area contributed by atoms with Gasteiger partial charge in [-0.2, -0.15) is 5.10 Å². The Labute approximate surface area is 140 Å². The van der Waals surface area contributed by atoms with Crippen LogP contribution in [0.2, 0.25) is 0 Å². The van der Waals surface area contributed by atoms with Crippen LogP contribution in [0.15, 0.2) is 54.2 Å². The highest BCUT2D eigenvalue weighted by Crippen LogP contribution is 2.27. The molecule has 0 saturated heterocycles. The number of hydrogen-bond donors (Lipinski definition) is 3. The summed E-state index contributed by atoms with van der Waals surface area (Å²) >= 11 is 0. The minimum absolute atomic E-state index is 0.104. The van der Waals surface area contributed by atoms with E-state index in [0.717, 1.165) is 33.5 Å². The number of hydrogen-bond acceptors (Lipinski definition) is 3.